The van der Waals surface area contributed by atoms with Crippen LogP contribution in [0.4, 0.5) is 15.9 Å². The molecule has 3 aliphatic rings. The van der Waals surface area contributed by atoms with Gasteiger partial charge in [-0.15, -0.1) is 0 Å². The maximum Gasteiger partial charge on any atom is 0.238 e. The highest BCUT2D eigenvalue weighted by molar-refractivity contribution is 6.28. The number of carbonyl (C=O) groups excluding carboxylic acids is 1. The van der Waals surface area contributed by atoms with Crippen LogP contribution in [0.5, 0.6) is 0 Å². The second-order valence-corrected chi connectivity index (χ2v) is 8.37. The van der Waals surface area contributed by atoms with Crippen LogP contribution in [0.15, 0.2) is 24.4 Å². The fourth-order valence-corrected chi connectivity index (χ4v) is 4.50. The highest BCUT2D eigenvalue weighted by Crippen LogP contribution is 2.57. The fourth-order valence-electron chi connectivity index (χ4n) is 4.36. The average Bonchev–Trinajstić information content (AvgIpc) is 3.51. The maximum absolute atomic E-state index is 13.9. The Kier molecular flexibility index (Phi) is 5.08. The van der Waals surface area contributed by atoms with Gasteiger partial charge in [-0.3, -0.25) is 9.69 Å². The van der Waals surface area contributed by atoms with Crippen molar-refractivity contribution in [1.82, 2.24) is 14.9 Å². The lowest BCUT2D eigenvalue weighted by Gasteiger charge is -2.26. The molecule has 0 bridgehead atoms. The van der Waals surface area contributed by atoms with E-state index >= 15 is 0 Å². The zero-order valence-corrected chi connectivity index (χ0v) is 17.3. The smallest absolute Gasteiger partial charge is 0.238 e. The van der Waals surface area contributed by atoms with Crippen LogP contribution in [0, 0.1) is 5.82 Å². The Morgan fingerprint density at radius 2 is 2.07 bits per heavy atom. The fraction of sp³-hybridized carbons (Fsp3) is 0.476. The summed E-state index contributed by atoms with van der Waals surface area (Å²) >= 11 is 6.03. The first-order valence-electron chi connectivity index (χ1n) is 10.2. The van der Waals surface area contributed by atoms with Crippen LogP contribution in [0.1, 0.15) is 24.0 Å². The molecule has 2 aliphatic heterocycles. The third-order valence-electron chi connectivity index (χ3n) is 6.16. The normalized spacial score (nSPS) is 19.9. The van der Waals surface area contributed by atoms with Crippen LogP contribution in [0.2, 0.25) is 5.28 Å². The van der Waals surface area contributed by atoms with E-state index in [1.807, 2.05) is 0 Å². The van der Waals surface area contributed by atoms with Crippen molar-refractivity contribution < 1.29 is 13.9 Å². The number of anilines is 2. The molecule has 0 atom stereocenters. The number of nitrogens with zero attached hydrogens (tertiary/aromatic N) is 4. The van der Waals surface area contributed by atoms with E-state index in [2.05, 4.69) is 20.2 Å². The largest absolute Gasteiger partial charge is 0.379 e. The SMILES string of the molecule is O=C1N(Cc2cnc(Cl)nc2NCCN2CCOCC2)c2cc(F)ccc2C12CC2. The summed E-state index contributed by atoms with van der Waals surface area (Å²) in [6.07, 6.45) is 3.25. The summed E-state index contributed by atoms with van der Waals surface area (Å²) in [5, 5.41) is 3.48. The van der Waals surface area contributed by atoms with E-state index in [-0.39, 0.29) is 23.6 Å². The van der Waals surface area contributed by atoms with E-state index in [0.717, 1.165) is 56.8 Å². The van der Waals surface area contributed by atoms with Crippen molar-refractivity contribution in [3.05, 3.63) is 46.6 Å². The zero-order valence-electron chi connectivity index (χ0n) is 16.5. The molecular weight excluding hydrogens is 409 g/mol. The van der Waals surface area contributed by atoms with Crippen LogP contribution >= 0.6 is 11.6 Å². The topological polar surface area (TPSA) is 70.6 Å². The average molecular weight is 432 g/mol. The molecule has 1 N–H and O–H groups in total. The van der Waals surface area contributed by atoms with Gasteiger partial charge in [0.15, 0.2) is 0 Å². The standard InChI is InChI=1S/C21H23ClFN5O2/c22-20-25-12-14(18(26-20)24-5-6-27-7-9-30-10-8-27)13-28-17-11-15(23)1-2-16(17)21(3-4-21)19(28)29/h1-2,11-12H,3-10,13H2,(H,24,25,26). The molecule has 7 nitrogen and oxygen atoms in total. The highest BCUT2D eigenvalue weighted by atomic mass is 35.5. The van der Waals surface area contributed by atoms with E-state index in [1.165, 1.54) is 12.1 Å². The van der Waals surface area contributed by atoms with Gasteiger partial charge in [-0.25, -0.2) is 14.4 Å². The molecule has 0 radical (unpaired) electrons. The Balaban J connectivity index is 1.35. The van der Waals surface area contributed by atoms with E-state index in [4.69, 9.17) is 16.3 Å². The minimum atomic E-state index is -0.472. The molecule has 1 aromatic carbocycles. The minimum Gasteiger partial charge on any atom is -0.379 e. The van der Waals surface area contributed by atoms with Gasteiger partial charge in [0.1, 0.15) is 11.6 Å². The molecule has 1 aromatic heterocycles. The quantitative estimate of drug-likeness (QED) is 0.709. The van der Waals surface area contributed by atoms with E-state index in [0.29, 0.717) is 18.1 Å². The van der Waals surface area contributed by atoms with Gasteiger partial charge in [0.05, 0.1) is 30.9 Å². The molecule has 2 fully saturated rings. The molecule has 30 heavy (non-hydrogen) atoms. The van der Waals surface area contributed by atoms with Gasteiger partial charge < -0.3 is 15.0 Å². The van der Waals surface area contributed by atoms with Crippen LogP contribution < -0.4 is 10.2 Å². The molecule has 1 saturated heterocycles. The van der Waals surface area contributed by atoms with Crippen molar-refractivity contribution in [2.75, 3.05) is 49.6 Å². The molecule has 2 aromatic rings. The molecule has 1 spiro atoms. The second-order valence-electron chi connectivity index (χ2n) is 8.03. The Morgan fingerprint density at radius 3 is 2.83 bits per heavy atom. The number of hydrogen-bond acceptors (Lipinski definition) is 6. The van der Waals surface area contributed by atoms with E-state index in [1.54, 1.807) is 17.2 Å². The van der Waals surface area contributed by atoms with Crippen LogP contribution in [-0.4, -0.2) is 60.2 Å². The van der Waals surface area contributed by atoms with Gasteiger partial charge in [0.2, 0.25) is 11.2 Å². The van der Waals surface area contributed by atoms with Crippen molar-refractivity contribution in [3.63, 3.8) is 0 Å². The van der Waals surface area contributed by atoms with E-state index < -0.39 is 5.41 Å². The minimum absolute atomic E-state index is 0.0253. The Hall–Kier alpha value is -2.29. The summed E-state index contributed by atoms with van der Waals surface area (Å²) in [5.41, 5.74) is 1.85. The van der Waals surface area contributed by atoms with Gasteiger partial charge in [-0.2, -0.15) is 0 Å². The lowest BCUT2D eigenvalue weighted by Crippen LogP contribution is -2.39. The Morgan fingerprint density at radius 1 is 1.27 bits per heavy atom. The number of nitrogens with one attached hydrogen (secondary N) is 1. The number of hydrogen-bond donors (Lipinski definition) is 1. The lowest BCUT2D eigenvalue weighted by atomic mass is 9.98. The third kappa shape index (κ3) is 3.53. The molecular formula is C21H23ClFN5O2. The number of carbonyl (C=O) groups is 1. The van der Waals surface area contributed by atoms with Crippen molar-refractivity contribution in [1.29, 1.82) is 0 Å². The summed E-state index contributed by atoms with van der Waals surface area (Å²) in [6, 6.07) is 4.62. The van der Waals surface area contributed by atoms with Gasteiger partial charge in [-0.05, 0) is 42.1 Å². The van der Waals surface area contributed by atoms with Crippen molar-refractivity contribution in [2.24, 2.45) is 0 Å². The Bertz CT molecular complexity index is 978. The molecule has 3 heterocycles. The summed E-state index contributed by atoms with van der Waals surface area (Å²) in [6.45, 7) is 5.12. The number of morpholine rings is 1. The molecule has 5 rings (SSSR count). The van der Waals surface area contributed by atoms with Gasteiger partial charge in [0, 0.05) is 37.9 Å². The number of halogens is 2. The van der Waals surface area contributed by atoms with Crippen LogP contribution in [0.3, 0.4) is 0 Å². The number of amides is 1. The second kappa shape index (κ2) is 7.76. The predicted octanol–water partition coefficient (Wildman–Crippen LogP) is 2.59. The molecule has 0 unspecified atom stereocenters. The predicted molar refractivity (Wildman–Crippen MR) is 111 cm³/mol. The molecule has 1 saturated carbocycles. The van der Waals surface area contributed by atoms with Crippen molar-refractivity contribution in [3.8, 4) is 0 Å². The number of fused-ring (bicyclic) bond motifs is 2. The molecule has 1 amide bonds. The van der Waals surface area contributed by atoms with Gasteiger partial charge in [0.25, 0.3) is 0 Å². The number of benzene rings is 1. The number of rotatable bonds is 6. The zero-order chi connectivity index (χ0) is 20.7. The summed E-state index contributed by atoms with van der Waals surface area (Å²) in [5.74, 6) is 0.281. The van der Waals surface area contributed by atoms with Crippen LogP contribution in [-0.2, 0) is 21.5 Å². The first-order valence-corrected chi connectivity index (χ1v) is 10.6. The van der Waals surface area contributed by atoms with Crippen LogP contribution in [0.25, 0.3) is 0 Å². The summed E-state index contributed by atoms with van der Waals surface area (Å²) < 4.78 is 19.3. The monoisotopic (exact) mass is 431 g/mol. The number of aromatic nitrogens is 2. The third-order valence-corrected chi connectivity index (χ3v) is 6.34. The highest BCUT2D eigenvalue weighted by Gasteiger charge is 2.59. The molecule has 158 valence electrons. The van der Waals surface area contributed by atoms with Gasteiger partial charge >= 0.3 is 0 Å². The molecule has 1 aliphatic carbocycles. The van der Waals surface area contributed by atoms with Crippen molar-refractivity contribution >= 4 is 29.0 Å². The maximum atomic E-state index is 13.9. The van der Waals surface area contributed by atoms with Gasteiger partial charge in [-0.1, -0.05) is 6.07 Å². The first kappa shape index (κ1) is 19.7. The van der Waals surface area contributed by atoms with E-state index in [9.17, 15) is 9.18 Å². The molecule has 9 heteroatoms. The first-order chi connectivity index (χ1) is 14.6. The lowest BCUT2D eigenvalue weighted by molar-refractivity contribution is -0.120. The Labute approximate surface area is 179 Å². The summed E-state index contributed by atoms with van der Waals surface area (Å²) in [4.78, 5) is 25.6. The number of ether oxygens (including phenoxy) is 1. The van der Waals surface area contributed by atoms with Crippen molar-refractivity contribution in [2.45, 2.75) is 24.8 Å². The summed E-state index contributed by atoms with van der Waals surface area (Å²) in [7, 11) is 0.